The summed E-state index contributed by atoms with van der Waals surface area (Å²) in [4.78, 5) is 14.1. The summed E-state index contributed by atoms with van der Waals surface area (Å²) in [5.41, 5.74) is 0. The predicted octanol–water partition coefficient (Wildman–Crippen LogP) is 2.15. The molecule has 0 aromatic rings. The van der Waals surface area contributed by atoms with Crippen LogP contribution in [0.3, 0.4) is 0 Å². The van der Waals surface area contributed by atoms with E-state index in [1.165, 1.54) is 6.42 Å². The molecule has 4 unspecified atom stereocenters. The van der Waals surface area contributed by atoms with Crippen molar-refractivity contribution in [2.75, 3.05) is 13.1 Å². The number of amides is 1. The maximum absolute atomic E-state index is 12.0. The molecule has 1 saturated heterocycles. The first-order chi connectivity index (χ1) is 6.63. The molecule has 0 N–H and O–H groups in total. The molecular formula is C12H21NO. The number of carbonyl (C=O) groups is 1. The second kappa shape index (κ2) is 3.56. The van der Waals surface area contributed by atoms with Gasteiger partial charge in [-0.2, -0.15) is 0 Å². The smallest absolute Gasteiger partial charge is 0.225 e. The van der Waals surface area contributed by atoms with Crippen molar-refractivity contribution >= 4 is 5.91 Å². The highest BCUT2D eigenvalue weighted by Gasteiger charge is 2.47. The number of hydrogen-bond donors (Lipinski definition) is 0. The van der Waals surface area contributed by atoms with Crippen LogP contribution in [0.5, 0.6) is 0 Å². The Kier molecular flexibility index (Phi) is 2.54. The fourth-order valence-corrected chi connectivity index (χ4v) is 2.46. The summed E-state index contributed by atoms with van der Waals surface area (Å²) in [5.74, 6) is 2.87. The summed E-state index contributed by atoms with van der Waals surface area (Å²) in [6, 6.07) is 0. The number of piperidine rings is 1. The van der Waals surface area contributed by atoms with Crippen molar-refractivity contribution in [3.8, 4) is 0 Å². The summed E-state index contributed by atoms with van der Waals surface area (Å²) in [6.45, 7) is 8.52. The fraction of sp³-hybridized carbons (Fsp3) is 0.917. The third kappa shape index (κ3) is 1.67. The minimum Gasteiger partial charge on any atom is -0.342 e. The van der Waals surface area contributed by atoms with Crippen LogP contribution in [-0.4, -0.2) is 23.9 Å². The van der Waals surface area contributed by atoms with E-state index in [-0.39, 0.29) is 5.92 Å². The van der Waals surface area contributed by atoms with Crippen LogP contribution in [0.1, 0.15) is 33.6 Å². The Morgan fingerprint density at radius 2 is 1.93 bits per heavy atom. The zero-order valence-electron chi connectivity index (χ0n) is 9.49. The van der Waals surface area contributed by atoms with Gasteiger partial charge in [-0.15, -0.1) is 0 Å². The van der Waals surface area contributed by atoms with Gasteiger partial charge in [-0.05, 0) is 24.2 Å². The lowest BCUT2D eigenvalue weighted by molar-refractivity contribution is -0.136. The van der Waals surface area contributed by atoms with E-state index in [4.69, 9.17) is 0 Å². The van der Waals surface area contributed by atoms with E-state index < -0.39 is 0 Å². The van der Waals surface area contributed by atoms with Crippen LogP contribution in [0.2, 0.25) is 0 Å². The standard InChI is InChI=1S/C12H21NO/c1-4-8(2)9(3)12(14)13-6-10-5-11(10)7-13/h8-11H,4-7H2,1-3H3. The highest BCUT2D eigenvalue weighted by molar-refractivity contribution is 5.79. The van der Waals surface area contributed by atoms with E-state index in [0.717, 1.165) is 31.3 Å². The lowest BCUT2D eigenvalue weighted by Gasteiger charge is -2.25. The molecule has 0 radical (unpaired) electrons. The number of fused-ring (bicyclic) bond motifs is 1. The van der Waals surface area contributed by atoms with Crippen molar-refractivity contribution in [3.05, 3.63) is 0 Å². The lowest BCUT2D eigenvalue weighted by Crippen LogP contribution is -2.36. The average molecular weight is 195 g/mol. The molecule has 0 aromatic carbocycles. The molecule has 2 fully saturated rings. The molecule has 1 saturated carbocycles. The molecule has 2 rings (SSSR count). The van der Waals surface area contributed by atoms with Crippen molar-refractivity contribution in [1.82, 2.24) is 4.90 Å². The van der Waals surface area contributed by atoms with Crippen LogP contribution in [0.15, 0.2) is 0 Å². The van der Waals surface area contributed by atoms with Crippen molar-refractivity contribution in [2.45, 2.75) is 33.6 Å². The minimum atomic E-state index is 0.220. The summed E-state index contributed by atoms with van der Waals surface area (Å²) < 4.78 is 0. The molecule has 1 heterocycles. The van der Waals surface area contributed by atoms with Crippen LogP contribution >= 0.6 is 0 Å². The van der Waals surface area contributed by atoms with Crippen molar-refractivity contribution in [2.24, 2.45) is 23.7 Å². The largest absolute Gasteiger partial charge is 0.342 e. The summed E-state index contributed by atoms with van der Waals surface area (Å²) in [5, 5.41) is 0. The monoisotopic (exact) mass is 195 g/mol. The highest BCUT2D eigenvalue weighted by Crippen LogP contribution is 2.45. The Hall–Kier alpha value is -0.530. The number of likely N-dealkylation sites (tertiary alicyclic amines) is 1. The third-order valence-electron chi connectivity index (χ3n) is 4.18. The maximum atomic E-state index is 12.0. The Labute approximate surface area is 86.7 Å². The first kappa shape index (κ1) is 10.0. The van der Waals surface area contributed by atoms with Crippen LogP contribution in [0.4, 0.5) is 0 Å². The molecule has 2 heteroatoms. The van der Waals surface area contributed by atoms with Crippen LogP contribution < -0.4 is 0 Å². The number of rotatable bonds is 3. The fourth-order valence-electron chi connectivity index (χ4n) is 2.46. The van der Waals surface area contributed by atoms with Gasteiger partial charge in [-0.3, -0.25) is 4.79 Å². The van der Waals surface area contributed by atoms with Gasteiger partial charge in [0.1, 0.15) is 0 Å². The zero-order chi connectivity index (χ0) is 10.3. The van der Waals surface area contributed by atoms with Crippen molar-refractivity contribution in [3.63, 3.8) is 0 Å². The minimum absolute atomic E-state index is 0.220. The van der Waals surface area contributed by atoms with Crippen molar-refractivity contribution < 1.29 is 4.79 Å². The van der Waals surface area contributed by atoms with Gasteiger partial charge in [-0.25, -0.2) is 0 Å². The van der Waals surface area contributed by atoms with Gasteiger partial charge in [0.15, 0.2) is 0 Å². The van der Waals surface area contributed by atoms with E-state index in [0.29, 0.717) is 11.8 Å². The van der Waals surface area contributed by atoms with Crippen LogP contribution in [0, 0.1) is 23.7 Å². The van der Waals surface area contributed by atoms with E-state index >= 15 is 0 Å². The van der Waals surface area contributed by atoms with E-state index in [2.05, 4.69) is 25.7 Å². The molecule has 1 aliphatic heterocycles. The molecule has 2 aliphatic rings. The van der Waals surface area contributed by atoms with Gasteiger partial charge < -0.3 is 4.90 Å². The van der Waals surface area contributed by atoms with Gasteiger partial charge in [-0.1, -0.05) is 27.2 Å². The van der Waals surface area contributed by atoms with Gasteiger partial charge >= 0.3 is 0 Å². The Bertz CT molecular complexity index is 224. The molecule has 14 heavy (non-hydrogen) atoms. The Balaban J connectivity index is 1.88. The second-order valence-corrected chi connectivity index (χ2v) is 5.17. The quantitative estimate of drug-likeness (QED) is 0.675. The molecule has 0 bridgehead atoms. The van der Waals surface area contributed by atoms with E-state index in [1.807, 2.05) is 0 Å². The van der Waals surface area contributed by atoms with Crippen molar-refractivity contribution in [1.29, 1.82) is 0 Å². The maximum Gasteiger partial charge on any atom is 0.225 e. The normalized spacial score (nSPS) is 33.8. The molecule has 1 aliphatic carbocycles. The topological polar surface area (TPSA) is 20.3 Å². The first-order valence-electron chi connectivity index (χ1n) is 5.92. The number of carbonyl (C=O) groups excluding carboxylic acids is 1. The summed E-state index contributed by atoms with van der Waals surface area (Å²) in [6.07, 6.45) is 2.48. The first-order valence-corrected chi connectivity index (χ1v) is 5.92. The molecule has 1 amide bonds. The molecule has 0 aromatic heterocycles. The van der Waals surface area contributed by atoms with Gasteiger partial charge in [0.2, 0.25) is 5.91 Å². The molecule has 0 spiro atoms. The SMILES string of the molecule is CCC(C)C(C)C(=O)N1CC2CC2C1. The Morgan fingerprint density at radius 1 is 1.36 bits per heavy atom. The van der Waals surface area contributed by atoms with Gasteiger partial charge in [0, 0.05) is 19.0 Å². The molecule has 80 valence electrons. The number of hydrogen-bond acceptors (Lipinski definition) is 1. The van der Waals surface area contributed by atoms with Gasteiger partial charge in [0.05, 0.1) is 0 Å². The van der Waals surface area contributed by atoms with Gasteiger partial charge in [0.25, 0.3) is 0 Å². The summed E-state index contributed by atoms with van der Waals surface area (Å²) >= 11 is 0. The molecular weight excluding hydrogens is 174 g/mol. The van der Waals surface area contributed by atoms with E-state index in [9.17, 15) is 4.79 Å². The predicted molar refractivity (Wildman–Crippen MR) is 56.8 cm³/mol. The number of nitrogens with zero attached hydrogens (tertiary/aromatic N) is 1. The Morgan fingerprint density at radius 3 is 2.43 bits per heavy atom. The lowest BCUT2D eigenvalue weighted by atomic mass is 9.92. The average Bonchev–Trinajstić information content (AvgIpc) is 2.82. The summed E-state index contributed by atoms with van der Waals surface area (Å²) in [7, 11) is 0. The molecule has 2 nitrogen and oxygen atoms in total. The zero-order valence-corrected chi connectivity index (χ0v) is 9.49. The van der Waals surface area contributed by atoms with E-state index in [1.54, 1.807) is 0 Å². The third-order valence-corrected chi connectivity index (χ3v) is 4.18. The molecule has 4 atom stereocenters. The highest BCUT2D eigenvalue weighted by atomic mass is 16.2. The second-order valence-electron chi connectivity index (χ2n) is 5.17. The van der Waals surface area contributed by atoms with Crippen LogP contribution in [0.25, 0.3) is 0 Å². The van der Waals surface area contributed by atoms with Crippen LogP contribution in [-0.2, 0) is 4.79 Å².